The molecule has 4 heteroatoms. The molecule has 1 aromatic heterocycles. The SMILES string of the molecule is CN(C)CCc1noc(C(C)(C)C)n1. The Kier molecular flexibility index (Phi) is 3.26. The lowest BCUT2D eigenvalue weighted by atomic mass is 9.97. The largest absolute Gasteiger partial charge is 0.339 e. The van der Waals surface area contributed by atoms with Crippen LogP contribution in [0.2, 0.25) is 0 Å². The summed E-state index contributed by atoms with van der Waals surface area (Å²) < 4.78 is 5.18. The summed E-state index contributed by atoms with van der Waals surface area (Å²) in [4.78, 5) is 6.45. The van der Waals surface area contributed by atoms with Crippen molar-refractivity contribution in [1.82, 2.24) is 15.0 Å². The van der Waals surface area contributed by atoms with Crippen LogP contribution in [0.25, 0.3) is 0 Å². The second kappa shape index (κ2) is 4.09. The van der Waals surface area contributed by atoms with E-state index in [0.717, 1.165) is 18.8 Å². The van der Waals surface area contributed by atoms with Crippen LogP contribution in [0.1, 0.15) is 32.5 Å². The van der Waals surface area contributed by atoms with Crippen LogP contribution in [-0.4, -0.2) is 35.7 Å². The molecule has 0 aromatic carbocycles. The van der Waals surface area contributed by atoms with E-state index in [1.54, 1.807) is 0 Å². The molecule has 0 saturated heterocycles. The first-order valence-electron chi connectivity index (χ1n) is 4.87. The first-order chi connectivity index (χ1) is 6.39. The molecule has 0 atom stereocenters. The zero-order chi connectivity index (χ0) is 10.8. The maximum absolute atomic E-state index is 5.18. The summed E-state index contributed by atoms with van der Waals surface area (Å²) in [6, 6.07) is 0. The second-order valence-corrected chi connectivity index (χ2v) is 4.82. The van der Waals surface area contributed by atoms with Crippen LogP contribution >= 0.6 is 0 Å². The van der Waals surface area contributed by atoms with Gasteiger partial charge >= 0.3 is 0 Å². The van der Waals surface area contributed by atoms with Gasteiger partial charge in [0.2, 0.25) is 5.89 Å². The molecular formula is C10H19N3O. The highest BCUT2D eigenvalue weighted by Gasteiger charge is 2.21. The van der Waals surface area contributed by atoms with Gasteiger partial charge in [-0.2, -0.15) is 4.98 Å². The van der Waals surface area contributed by atoms with Crippen LogP contribution in [0, 0.1) is 0 Å². The second-order valence-electron chi connectivity index (χ2n) is 4.82. The molecule has 0 N–H and O–H groups in total. The van der Waals surface area contributed by atoms with Crippen molar-refractivity contribution in [2.75, 3.05) is 20.6 Å². The molecule has 80 valence electrons. The van der Waals surface area contributed by atoms with Gasteiger partial charge in [-0.25, -0.2) is 0 Å². The predicted octanol–water partition coefficient (Wildman–Crippen LogP) is 1.47. The van der Waals surface area contributed by atoms with E-state index in [-0.39, 0.29) is 5.41 Å². The third-order valence-corrected chi connectivity index (χ3v) is 1.89. The van der Waals surface area contributed by atoms with E-state index in [1.165, 1.54) is 0 Å². The van der Waals surface area contributed by atoms with Crippen molar-refractivity contribution in [2.24, 2.45) is 0 Å². The number of hydrogen-bond donors (Lipinski definition) is 0. The van der Waals surface area contributed by atoms with Gasteiger partial charge in [-0.15, -0.1) is 0 Å². The van der Waals surface area contributed by atoms with Gasteiger partial charge in [-0.3, -0.25) is 0 Å². The molecular weight excluding hydrogens is 178 g/mol. The van der Waals surface area contributed by atoms with Crippen molar-refractivity contribution >= 4 is 0 Å². The predicted molar refractivity (Wildman–Crippen MR) is 55.3 cm³/mol. The van der Waals surface area contributed by atoms with Crippen LogP contribution < -0.4 is 0 Å². The van der Waals surface area contributed by atoms with Crippen LogP contribution in [0.4, 0.5) is 0 Å². The highest BCUT2D eigenvalue weighted by Crippen LogP contribution is 2.19. The number of hydrogen-bond acceptors (Lipinski definition) is 4. The lowest BCUT2D eigenvalue weighted by molar-refractivity contribution is 0.317. The van der Waals surface area contributed by atoms with E-state index >= 15 is 0 Å². The third-order valence-electron chi connectivity index (χ3n) is 1.89. The minimum absolute atomic E-state index is 0.0522. The van der Waals surface area contributed by atoms with Gasteiger partial charge in [0.15, 0.2) is 5.82 Å². The van der Waals surface area contributed by atoms with Gasteiger partial charge in [-0.1, -0.05) is 25.9 Å². The van der Waals surface area contributed by atoms with E-state index in [4.69, 9.17) is 4.52 Å². The third kappa shape index (κ3) is 3.10. The molecule has 4 nitrogen and oxygen atoms in total. The summed E-state index contributed by atoms with van der Waals surface area (Å²) in [5.74, 6) is 1.51. The van der Waals surface area contributed by atoms with Crippen molar-refractivity contribution < 1.29 is 4.52 Å². The topological polar surface area (TPSA) is 42.2 Å². The summed E-state index contributed by atoms with van der Waals surface area (Å²) in [5, 5.41) is 3.94. The Morgan fingerprint density at radius 3 is 2.36 bits per heavy atom. The van der Waals surface area contributed by atoms with Gasteiger partial charge < -0.3 is 9.42 Å². The Morgan fingerprint density at radius 1 is 1.29 bits per heavy atom. The summed E-state index contributed by atoms with van der Waals surface area (Å²) in [7, 11) is 4.06. The molecule has 0 radical (unpaired) electrons. The molecule has 0 bridgehead atoms. The summed E-state index contributed by atoms with van der Waals surface area (Å²) in [6.07, 6.45) is 0.840. The molecule has 1 rings (SSSR count). The fraction of sp³-hybridized carbons (Fsp3) is 0.800. The average Bonchev–Trinajstić information content (AvgIpc) is 2.47. The Balaban J connectivity index is 2.60. The molecule has 0 aliphatic carbocycles. The zero-order valence-corrected chi connectivity index (χ0v) is 9.66. The quantitative estimate of drug-likeness (QED) is 0.736. The summed E-state index contributed by atoms with van der Waals surface area (Å²) in [5.41, 5.74) is -0.0522. The molecule has 0 spiro atoms. The molecule has 1 heterocycles. The molecule has 0 unspecified atom stereocenters. The van der Waals surface area contributed by atoms with Gasteiger partial charge in [0, 0.05) is 18.4 Å². The van der Waals surface area contributed by atoms with E-state index in [0.29, 0.717) is 5.89 Å². The summed E-state index contributed by atoms with van der Waals surface area (Å²) in [6.45, 7) is 7.14. The Labute approximate surface area is 85.3 Å². The molecule has 0 fully saturated rings. The van der Waals surface area contributed by atoms with Gasteiger partial charge in [-0.05, 0) is 14.1 Å². The van der Waals surface area contributed by atoms with E-state index in [2.05, 4.69) is 35.8 Å². The Morgan fingerprint density at radius 2 is 1.93 bits per heavy atom. The van der Waals surface area contributed by atoms with Crippen LogP contribution in [0.15, 0.2) is 4.52 Å². The lowest BCUT2D eigenvalue weighted by Crippen LogP contribution is -2.16. The zero-order valence-electron chi connectivity index (χ0n) is 9.66. The Hall–Kier alpha value is -0.900. The molecule has 0 amide bonds. The van der Waals surface area contributed by atoms with Crippen LogP contribution in [0.3, 0.4) is 0 Å². The maximum Gasteiger partial charge on any atom is 0.232 e. The van der Waals surface area contributed by atoms with Crippen molar-refractivity contribution in [3.05, 3.63) is 11.7 Å². The van der Waals surface area contributed by atoms with Crippen molar-refractivity contribution in [3.8, 4) is 0 Å². The fourth-order valence-corrected chi connectivity index (χ4v) is 0.984. The monoisotopic (exact) mass is 197 g/mol. The van der Waals surface area contributed by atoms with E-state index < -0.39 is 0 Å². The number of likely N-dealkylation sites (N-methyl/N-ethyl adjacent to an activating group) is 1. The minimum atomic E-state index is -0.0522. The van der Waals surface area contributed by atoms with Crippen molar-refractivity contribution in [2.45, 2.75) is 32.6 Å². The van der Waals surface area contributed by atoms with Crippen molar-refractivity contribution in [3.63, 3.8) is 0 Å². The molecule has 14 heavy (non-hydrogen) atoms. The molecule has 0 aliphatic rings. The maximum atomic E-state index is 5.18. The van der Waals surface area contributed by atoms with Crippen LogP contribution in [0.5, 0.6) is 0 Å². The normalized spacial score (nSPS) is 12.4. The Bertz CT molecular complexity index is 286. The van der Waals surface area contributed by atoms with Crippen LogP contribution in [-0.2, 0) is 11.8 Å². The smallest absolute Gasteiger partial charge is 0.232 e. The van der Waals surface area contributed by atoms with Gasteiger partial charge in [0.25, 0.3) is 0 Å². The number of nitrogens with zero attached hydrogens (tertiary/aromatic N) is 3. The molecule has 0 aliphatic heterocycles. The summed E-state index contributed by atoms with van der Waals surface area (Å²) >= 11 is 0. The van der Waals surface area contributed by atoms with E-state index in [1.807, 2.05) is 14.1 Å². The molecule has 0 saturated carbocycles. The highest BCUT2D eigenvalue weighted by molar-refractivity contribution is 4.98. The number of aromatic nitrogens is 2. The lowest BCUT2D eigenvalue weighted by Gasteiger charge is -2.10. The average molecular weight is 197 g/mol. The molecule has 1 aromatic rings. The first-order valence-corrected chi connectivity index (χ1v) is 4.87. The standard InChI is InChI=1S/C10H19N3O/c1-10(2,3)9-11-8(12-14-9)6-7-13(4)5/h6-7H2,1-5H3. The van der Waals surface area contributed by atoms with Gasteiger partial charge in [0.05, 0.1) is 0 Å². The van der Waals surface area contributed by atoms with Crippen molar-refractivity contribution in [1.29, 1.82) is 0 Å². The van der Waals surface area contributed by atoms with Gasteiger partial charge in [0.1, 0.15) is 0 Å². The fourth-order valence-electron chi connectivity index (χ4n) is 0.984. The minimum Gasteiger partial charge on any atom is -0.339 e. The highest BCUT2D eigenvalue weighted by atomic mass is 16.5. The first kappa shape index (κ1) is 11.2. The van der Waals surface area contributed by atoms with E-state index in [9.17, 15) is 0 Å². The number of rotatable bonds is 3.